The van der Waals surface area contributed by atoms with Crippen LogP contribution in [0.3, 0.4) is 0 Å². The number of rotatable bonds is 28. The normalized spacial score (nSPS) is 16.4. The van der Waals surface area contributed by atoms with Crippen molar-refractivity contribution in [1.29, 1.82) is 5.26 Å². The van der Waals surface area contributed by atoms with Gasteiger partial charge in [0.15, 0.2) is 24.8 Å². The van der Waals surface area contributed by atoms with Crippen LogP contribution in [0.1, 0.15) is 161 Å². The number of hydrogen-bond donors (Lipinski definition) is 4. The zero-order valence-electron chi connectivity index (χ0n) is 42.2. The molecule has 0 aromatic heterocycles. The molecular weight excluding hydrogens is 897 g/mol. The Morgan fingerprint density at radius 3 is 1.97 bits per heavy atom. The molecule has 1 aliphatic heterocycles. The highest BCUT2D eigenvalue weighted by atomic mass is 16.6. The maximum atomic E-state index is 14.9. The lowest BCUT2D eigenvalue weighted by Gasteiger charge is -2.32. The van der Waals surface area contributed by atoms with Crippen molar-refractivity contribution in [2.45, 2.75) is 168 Å². The number of hydrogen-bond acceptors (Lipinski definition) is 12. The van der Waals surface area contributed by atoms with Crippen molar-refractivity contribution in [2.24, 2.45) is 23.3 Å². The molecule has 0 aliphatic carbocycles. The predicted octanol–water partition coefficient (Wildman–Crippen LogP) is 7.28. The molecule has 70 heavy (non-hydrogen) atoms. The number of carbonyl (C=O) groups is 8. The monoisotopic (exact) mass is 973 g/mol. The Labute approximate surface area is 413 Å². The quantitative estimate of drug-likeness (QED) is 0.0613. The SMILES string of the molecule is CCCCCCCCCCCCCC(=O)C[C@@H](CCNC(=O)OC(C)(C)C)C(=O)N(C)[C@@H]1C(=O)C[C@@H](C)C(=O)N[C@H](C(=O)CCC#N)Cc2ccc(OCC(N)=O)c(c2)-c2cc1ccc2OCC(N)=O. The summed E-state index contributed by atoms with van der Waals surface area (Å²) in [4.78, 5) is 109. The van der Waals surface area contributed by atoms with Gasteiger partial charge >= 0.3 is 6.09 Å². The summed E-state index contributed by atoms with van der Waals surface area (Å²) in [5.41, 5.74) is 11.5. The summed E-state index contributed by atoms with van der Waals surface area (Å²) in [6, 6.07) is 8.88. The maximum Gasteiger partial charge on any atom is 0.407 e. The Bertz CT molecular complexity index is 2160. The number of primary amides is 2. The van der Waals surface area contributed by atoms with Crippen molar-refractivity contribution < 1.29 is 52.6 Å². The molecule has 384 valence electrons. The molecule has 3 rings (SSSR count). The smallest absolute Gasteiger partial charge is 0.407 e. The first-order chi connectivity index (χ1) is 33.2. The fourth-order valence-corrected chi connectivity index (χ4v) is 8.43. The number of unbranched alkanes of at least 4 members (excludes halogenated alkanes) is 10. The van der Waals surface area contributed by atoms with E-state index >= 15 is 0 Å². The average Bonchev–Trinajstić information content (AvgIpc) is 3.29. The zero-order chi connectivity index (χ0) is 51.8. The highest BCUT2D eigenvalue weighted by molar-refractivity contribution is 5.96. The number of alkyl carbamates (subject to hydrolysis) is 1. The van der Waals surface area contributed by atoms with Crippen LogP contribution in [0.15, 0.2) is 36.4 Å². The molecule has 6 N–H and O–H groups in total. The largest absolute Gasteiger partial charge is 0.483 e. The average molecular weight is 973 g/mol. The second kappa shape index (κ2) is 29.7. The lowest BCUT2D eigenvalue weighted by atomic mass is 9.88. The van der Waals surface area contributed by atoms with Crippen LogP contribution in [0.4, 0.5) is 4.79 Å². The number of nitrogens with one attached hydrogen (secondary N) is 2. The topological polar surface area (TPSA) is 267 Å². The summed E-state index contributed by atoms with van der Waals surface area (Å²) in [6.45, 7) is 7.79. The third kappa shape index (κ3) is 20.3. The molecule has 0 saturated heterocycles. The van der Waals surface area contributed by atoms with E-state index in [0.29, 0.717) is 12.0 Å². The Morgan fingerprint density at radius 1 is 0.829 bits per heavy atom. The van der Waals surface area contributed by atoms with Crippen LogP contribution in [0.5, 0.6) is 11.5 Å². The number of nitrogens with zero attached hydrogens (tertiary/aromatic N) is 2. The second-order valence-corrected chi connectivity index (χ2v) is 19.4. The molecule has 1 heterocycles. The number of fused-ring (bicyclic) bond motifs is 5. The summed E-state index contributed by atoms with van der Waals surface area (Å²) >= 11 is 0. The van der Waals surface area contributed by atoms with Crippen LogP contribution in [0.25, 0.3) is 11.1 Å². The first kappa shape index (κ1) is 58.0. The minimum Gasteiger partial charge on any atom is -0.483 e. The predicted molar refractivity (Wildman–Crippen MR) is 264 cm³/mol. The molecule has 17 heteroatoms. The van der Waals surface area contributed by atoms with Crippen LogP contribution < -0.4 is 31.6 Å². The van der Waals surface area contributed by atoms with Crippen LogP contribution in [0.2, 0.25) is 0 Å². The number of amides is 5. The third-order valence-corrected chi connectivity index (χ3v) is 12.1. The lowest BCUT2D eigenvalue weighted by molar-refractivity contribution is -0.144. The van der Waals surface area contributed by atoms with Crippen molar-refractivity contribution in [3.8, 4) is 28.7 Å². The molecule has 1 aliphatic rings. The Balaban J connectivity index is 2.10. The molecule has 4 atom stereocenters. The van der Waals surface area contributed by atoms with Crippen molar-refractivity contribution in [3.63, 3.8) is 0 Å². The molecule has 0 spiro atoms. The van der Waals surface area contributed by atoms with Crippen LogP contribution in [-0.2, 0) is 44.7 Å². The van der Waals surface area contributed by atoms with Crippen molar-refractivity contribution in [1.82, 2.24) is 15.5 Å². The molecular formula is C53H76N6O11. The maximum absolute atomic E-state index is 14.9. The Kier molecular flexibility index (Phi) is 24.6. The summed E-state index contributed by atoms with van der Waals surface area (Å²) in [5.74, 6) is -5.60. The van der Waals surface area contributed by atoms with E-state index in [1.807, 2.05) is 6.07 Å². The lowest BCUT2D eigenvalue weighted by Crippen LogP contribution is -2.46. The second-order valence-electron chi connectivity index (χ2n) is 19.4. The molecule has 0 radical (unpaired) electrons. The molecule has 0 fully saturated rings. The summed E-state index contributed by atoms with van der Waals surface area (Å²) in [6.07, 6.45) is 11.0. The van der Waals surface area contributed by atoms with Gasteiger partial charge in [-0.25, -0.2) is 4.79 Å². The van der Waals surface area contributed by atoms with E-state index in [0.717, 1.165) is 25.7 Å². The van der Waals surface area contributed by atoms with E-state index in [1.54, 1.807) is 39.0 Å². The molecule has 2 aromatic rings. The van der Waals surface area contributed by atoms with Gasteiger partial charge in [-0.15, -0.1) is 0 Å². The molecule has 0 saturated carbocycles. The number of ketones is 3. The highest BCUT2D eigenvalue weighted by Crippen LogP contribution is 2.41. The van der Waals surface area contributed by atoms with Gasteiger partial charge in [-0.1, -0.05) is 90.2 Å². The van der Waals surface area contributed by atoms with Gasteiger partial charge in [0, 0.05) is 68.7 Å². The zero-order valence-corrected chi connectivity index (χ0v) is 42.2. The van der Waals surface area contributed by atoms with Crippen LogP contribution >= 0.6 is 0 Å². The molecule has 2 aromatic carbocycles. The van der Waals surface area contributed by atoms with E-state index in [-0.39, 0.29) is 85.5 Å². The van der Waals surface area contributed by atoms with Crippen molar-refractivity contribution in [3.05, 3.63) is 47.5 Å². The number of carbonyl (C=O) groups excluding carboxylic acids is 8. The van der Waals surface area contributed by atoms with Gasteiger partial charge in [0.25, 0.3) is 11.8 Å². The standard InChI is InChI=1S/C53H76N6O11/c1-7-8-9-10-11-12-13-14-15-16-17-19-39(60)31-38(25-27-57-52(67)70-53(3,4)5)51(66)59(6)49-37-22-24-46(69-34-48(56)64)41(32-37)40-29-36(21-23-45(40)68-33-47(55)63)30-42(43(61)20-18-26-54)58-50(65)35(2)28-44(49)62/h21-24,29,32,35,38,42,49H,7-20,25,27-28,30-31,33-34H2,1-6H3,(H2,55,63)(H2,56,64)(H,57,67)(H,58,65)/t35-,38-,42+,49+/m1/s1. The molecule has 4 bridgehead atoms. The highest BCUT2D eigenvalue weighted by Gasteiger charge is 2.36. The van der Waals surface area contributed by atoms with Gasteiger partial charge in [0.05, 0.1) is 12.1 Å². The summed E-state index contributed by atoms with van der Waals surface area (Å²) in [7, 11) is 1.43. The summed E-state index contributed by atoms with van der Waals surface area (Å²) in [5, 5.41) is 14.7. The number of Topliss-reactive ketones (excluding diaryl/α,β-unsaturated/α-hetero) is 3. The van der Waals surface area contributed by atoms with E-state index < -0.39 is 84.0 Å². The first-order valence-electron chi connectivity index (χ1n) is 24.8. The van der Waals surface area contributed by atoms with Crippen LogP contribution in [0, 0.1) is 23.2 Å². The number of nitrogens with two attached hydrogens (primary N) is 2. The van der Waals surface area contributed by atoms with Gasteiger partial charge in [-0.2, -0.15) is 5.26 Å². The fourth-order valence-electron chi connectivity index (χ4n) is 8.43. The van der Waals surface area contributed by atoms with E-state index in [1.165, 1.54) is 75.6 Å². The Hall–Kier alpha value is -6.31. The van der Waals surface area contributed by atoms with E-state index in [2.05, 4.69) is 17.6 Å². The van der Waals surface area contributed by atoms with E-state index in [4.69, 9.17) is 25.7 Å². The number of benzene rings is 2. The number of nitriles is 1. The molecule has 5 amide bonds. The van der Waals surface area contributed by atoms with Gasteiger partial charge < -0.3 is 41.2 Å². The Morgan fingerprint density at radius 2 is 1.40 bits per heavy atom. The van der Waals surface area contributed by atoms with Gasteiger partial charge in [-0.05, 0) is 75.4 Å². The first-order valence-corrected chi connectivity index (χ1v) is 24.8. The van der Waals surface area contributed by atoms with E-state index in [9.17, 15) is 43.6 Å². The third-order valence-electron chi connectivity index (χ3n) is 12.1. The molecule has 0 unspecified atom stereocenters. The van der Waals surface area contributed by atoms with Gasteiger partial charge in [-0.3, -0.25) is 33.6 Å². The van der Waals surface area contributed by atoms with Crippen LogP contribution in [-0.4, -0.2) is 90.4 Å². The van der Waals surface area contributed by atoms with Gasteiger partial charge in [0.2, 0.25) is 11.8 Å². The molecule has 17 nitrogen and oxygen atoms in total. The number of likely N-dealkylation sites (N-methyl/N-ethyl adjacent to an activating group) is 1. The fraction of sp³-hybridized carbons (Fsp3) is 0.604. The number of ether oxygens (including phenoxy) is 3. The minimum atomic E-state index is -1.37. The summed E-state index contributed by atoms with van der Waals surface area (Å²) < 4.78 is 17.1. The minimum absolute atomic E-state index is 0.0184. The van der Waals surface area contributed by atoms with Crippen molar-refractivity contribution in [2.75, 3.05) is 26.8 Å². The van der Waals surface area contributed by atoms with Gasteiger partial charge in [0.1, 0.15) is 28.9 Å². The van der Waals surface area contributed by atoms with Crippen molar-refractivity contribution >= 4 is 47.1 Å².